The highest BCUT2D eigenvalue weighted by Gasteiger charge is 2.17. The van der Waals surface area contributed by atoms with E-state index in [1.165, 1.54) is 18.2 Å². The normalized spacial score (nSPS) is 19.5. The maximum atomic E-state index is 13.3. The van der Waals surface area contributed by atoms with Crippen molar-refractivity contribution >= 4 is 17.5 Å². The van der Waals surface area contributed by atoms with E-state index >= 15 is 0 Å². The van der Waals surface area contributed by atoms with Crippen LogP contribution in [0.3, 0.4) is 0 Å². The summed E-state index contributed by atoms with van der Waals surface area (Å²) in [4.78, 5) is 11.7. The van der Waals surface area contributed by atoms with E-state index in [9.17, 15) is 14.3 Å². The molecule has 1 aliphatic rings. The summed E-state index contributed by atoms with van der Waals surface area (Å²) in [6.45, 7) is 0.818. The Hall–Kier alpha value is -1.17. The summed E-state index contributed by atoms with van der Waals surface area (Å²) in [5, 5.41) is 12.6. The molecule has 2 unspecified atom stereocenters. The van der Waals surface area contributed by atoms with Crippen molar-refractivity contribution in [3.05, 3.63) is 34.6 Å². The molecule has 0 spiro atoms. The molecule has 4 nitrogen and oxygen atoms in total. The summed E-state index contributed by atoms with van der Waals surface area (Å²) in [7, 11) is 0. The van der Waals surface area contributed by atoms with Crippen LogP contribution in [0.2, 0.25) is 5.02 Å². The van der Waals surface area contributed by atoms with Gasteiger partial charge in [-0.2, -0.15) is 0 Å². The van der Waals surface area contributed by atoms with Gasteiger partial charge in [0.15, 0.2) is 0 Å². The van der Waals surface area contributed by atoms with Gasteiger partial charge in [-0.15, -0.1) is 0 Å². The molecule has 1 heterocycles. The molecule has 1 aromatic rings. The van der Waals surface area contributed by atoms with E-state index in [0.717, 1.165) is 19.4 Å². The average molecular weight is 316 g/mol. The Kier molecular flexibility index (Phi) is 5.96. The first kappa shape index (κ1) is 16.2. The number of aliphatic hydroxyl groups is 1. The molecule has 1 aliphatic heterocycles. The third-order valence-electron chi connectivity index (χ3n) is 3.54. The monoisotopic (exact) mass is 315 g/mol. The molecule has 1 fully saturated rings. The van der Waals surface area contributed by atoms with Crippen LogP contribution in [-0.4, -0.2) is 30.3 Å². The molecule has 1 aromatic carbocycles. The number of halogens is 2. The van der Waals surface area contributed by atoms with E-state index in [-0.39, 0.29) is 23.6 Å². The molecular weight excluding hydrogens is 297 g/mol. The van der Waals surface area contributed by atoms with Crippen molar-refractivity contribution in [2.45, 2.75) is 37.9 Å². The van der Waals surface area contributed by atoms with Crippen molar-refractivity contribution in [2.24, 2.45) is 0 Å². The molecule has 0 radical (unpaired) electrons. The first-order valence-corrected chi connectivity index (χ1v) is 7.45. The Bertz CT molecular complexity index is 492. The fourth-order valence-electron chi connectivity index (χ4n) is 2.30. The Morgan fingerprint density at radius 1 is 1.57 bits per heavy atom. The van der Waals surface area contributed by atoms with Crippen LogP contribution in [0, 0.1) is 5.82 Å². The Labute approximate surface area is 128 Å². The highest BCUT2D eigenvalue weighted by atomic mass is 35.5. The second-order valence-corrected chi connectivity index (χ2v) is 5.57. The van der Waals surface area contributed by atoms with Crippen molar-refractivity contribution in [1.82, 2.24) is 5.32 Å². The molecular formula is C15H19ClFNO3. The van der Waals surface area contributed by atoms with Crippen molar-refractivity contribution in [1.29, 1.82) is 0 Å². The van der Waals surface area contributed by atoms with E-state index in [2.05, 4.69) is 5.32 Å². The number of rotatable bonds is 6. The summed E-state index contributed by atoms with van der Waals surface area (Å²) in [6, 6.07) is 4.09. The van der Waals surface area contributed by atoms with Gasteiger partial charge in [0, 0.05) is 19.6 Å². The third-order valence-corrected chi connectivity index (χ3v) is 3.84. The minimum atomic E-state index is -0.955. The summed E-state index contributed by atoms with van der Waals surface area (Å²) >= 11 is 5.58. The number of hydrogen-bond donors (Lipinski definition) is 2. The number of amides is 1. The number of ether oxygens (including phenoxy) is 1. The van der Waals surface area contributed by atoms with Gasteiger partial charge in [0.1, 0.15) is 5.82 Å². The molecule has 0 bridgehead atoms. The van der Waals surface area contributed by atoms with Gasteiger partial charge in [0.05, 0.1) is 17.2 Å². The Morgan fingerprint density at radius 3 is 3.05 bits per heavy atom. The molecule has 0 aromatic heterocycles. The van der Waals surface area contributed by atoms with Crippen molar-refractivity contribution in [3.8, 4) is 0 Å². The zero-order chi connectivity index (χ0) is 15.2. The summed E-state index contributed by atoms with van der Waals surface area (Å²) in [5.74, 6) is -0.725. The number of carbonyl (C=O) groups excluding carboxylic acids is 1. The topological polar surface area (TPSA) is 58.6 Å². The highest BCUT2D eigenvalue weighted by Crippen LogP contribution is 2.20. The minimum Gasteiger partial charge on any atom is -0.387 e. The van der Waals surface area contributed by atoms with Gasteiger partial charge in [-0.25, -0.2) is 4.39 Å². The molecule has 1 saturated heterocycles. The van der Waals surface area contributed by atoms with E-state index < -0.39 is 11.9 Å². The lowest BCUT2D eigenvalue weighted by atomic mass is 10.1. The lowest BCUT2D eigenvalue weighted by molar-refractivity contribution is -0.122. The summed E-state index contributed by atoms with van der Waals surface area (Å²) < 4.78 is 18.7. The summed E-state index contributed by atoms with van der Waals surface area (Å²) in [5.41, 5.74) is 0.385. The van der Waals surface area contributed by atoms with Crippen molar-refractivity contribution in [3.63, 3.8) is 0 Å². The lowest BCUT2D eigenvalue weighted by Crippen LogP contribution is -2.29. The van der Waals surface area contributed by atoms with E-state index in [1.807, 2.05) is 0 Å². The molecule has 2 atom stereocenters. The predicted octanol–water partition coefficient (Wildman–Crippen LogP) is 2.59. The van der Waals surface area contributed by atoms with Gasteiger partial charge in [-0.3, -0.25) is 4.79 Å². The van der Waals surface area contributed by atoms with Gasteiger partial charge < -0.3 is 15.2 Å². The van der Waals surface area contributed by atoms with Crippen LogP contribution in [0.4, 0.5) is 4.39 Å². The van der Waals surface area contributed by atoms with Crippen LogP contribution < -0.4 is 5.32 Å². The second kappa shape index (κ2) is 7.73. The first-order valence-electron chi connectivity index (χ1n) is 7.07. The van der Waals surface area contributed by atoms with Crippen LogP contribution in [-0.2, 0) is 9.53 Å². The molecule has 2 N–H and O–H groups in total. The van der Waals surface area contributed by atoms with Gasteiger partial charge in [0.2, 0.25) is 5.91 Å². The van der Waals surface area contributed by atoms with E-state index in [1.54, 1.807) is 0 Å². The zero-order valence-electron chi connectivity index (χ0n) is 11.6. The number of nitrogens with one attached hydrogen (secondary N) is 1. The quantitative estimate of drug-likeness (QED) is 0.848. The number of carbonyl (C=O) groups is 1. The first-order chi connectivity index (χ1) is 10.1. The van der Waals surface area contributed by atoms with Crippen LogP contribution >= 0.6 is 11.6 Å². The molecule has 6 heteroatoms. The maximum Gasteiger partial charge on any atom is 0.220 e. The highest BCUT2D eigenvalue weighted by molar-refractivity contribution is 6.30. The lowest BCUT2D eigenvalue weighted by Gasteiger charge is -2.13. The van der Waals surface area contributed by atoms with Crippen molar-refractivity contribution < 1.29 is 19.0 Å². The fourth-order valence-corrected chi connectivity index (χ4v) is 2.42. The molecule has 21 heavy (non-hydrogen) atoms. The van der Waals surface area contributed by atoms with Gasteiger partial charge in [0.25, 0.3) is 0 Å². The zero-order valence-corrected chi connectivity index (χ0v) is 12.4. The maximum absolute atomic E-state index is 13.3. The smallest absolute Gasteiger partial charge is 0.220 e. The van der Waals surface area contributed by atoms with Gasteiger partial charge >= 0.3 is 0 Å². The van der Waals surface area contributed by atoms with Crippen LogP contribution in [0.1, 0.15) is 37.4 Å². The molecule has 2 rings (SSSR count). The van der Waals surface area contributed by atoms with Gasteiger partial charge in [-0.05, 0) is 37.0 Å². The number of benzene rings is 1. The van der Waals surface area contributed by atoms with E-state index in [4.69, 9.17) is 16.3 Å². The van der Waals surface area contributed by atoms with Crippen LogP contribution in [0.5, 0.6) is 0 Å². The second-order valence-electron chi connectivity index (χ2n) is 5.17. The molecule has 116 valence electrons. The van der Waals surface area contributed by atoms with Crippen LogP contribution in [0.15, 0.2) is 18.2 Å². The van der Waals surface area contributed by atoms with Crippen LogP contribution in [0.25, 0.3) is 0 Å². The summed E-state index contributed by atoms with van der Waals surface area (Å²) in [6.07, 6.45) is 2.33. The average Bonchev–Trinajstić information content (AvgIpc) is 2.98. The Balaban J connectivity index is 1.73. The largest absolute Gasteiger partial charge is 0.387 e. The molecule has 0 aliphatic carbocycles. The third kappa shape index (κ3) is 4.95. The number of hydrogen-bond acceptors (Lipinski definition) is 3. The minimum absolute atomic E-state index is 0.00606. The molecule has 0 saturated carbocycles. The Morgan fingerprint density at radius 2 is 2.38 bits per heavy atom. The standard InChI is InChI=1S/C15H19ClFNO3/c16-12-5-3-10(8-13(12)17)14(19)9-18-15(20)6-4-11-2-1-7-21-11/h3,5,8,11,14,19H,1-2,4,6-7,9H2,(H,18,20). The molecule has 1 amide bonds. The van der Waals surface area contributed by atoms with E-state index in [0.29, 0.717) is 18.4 Å². The predicted molar refractivity (Wildman–Crippen MR) is 77.6 cm³/mol. The number of aliphatic hydroxyl groups excluding tert-OH is 1. The fraction of sp³-hybridized carbons (Fsp3) is 0.533. The SMILES string of the molecule is O=C(CCC1CCCO1)NCC(O)c1ccc(Cl)c(F)c1. The van der Waals surface area contributed by atoms with Crippen molar-refractivity contribution in [2.75, 3.05) is 13.2 Å². The van der Waals surface area contributed by atoms with Gasteiger partial charge in [-0.1, -0.05) is 17.7 Å².